The molecule has 2 amide bonds. The molecule has 3 rings (SSSR count). The van der Waals surface area contributed by atoms with E-state index in [2.05, 4.69) is 30.9 Å². The van der Waals surface area contributed by atoms with Gasteiger partial charge in [0.15, 0.2) is 20.7 Å². The van der Waals surface area contributed by atoms with Crippen molar-refractivity contribution in [2.24, 2.45) is 5.92 Å². The second kappa shape index (κ2) is 9.13. The van der Waals surface area contributed by atoms with Gasteiger partial charge in [-0.25, -0.2) is 23.4 Å². The molecule has 2 aromatic heterocycles. The highest BCUT2D eigenvalue weighted by Crippen LogP contribution is 2.27. The Kier molecular flexibility index (Phi) is 6.73. The number of nitrogens with one attached hydrogen (secondary N) is 3. The van der Waals surface area contributed by atoms with Crippen molar-refractivity contribution in [3.63, 3.8) is 0 Å². The van der Waals surface area contributed by atoms with Crippen molar-refractivity contribution in [1.82, 2.24) is 20.3 Å². The Labute approximate surface area is 181 Å². The molecule has 0 unspecified atom stereocenters. The van der Waals surface area contributed by atoms with Crippen molar-refractivity contribution >= 4 is 44.3 Å². The minimum absolute atomic E-state index is 0.00790. The van der Waals surface area contributed by atoms with E-state index in [0.29, 0.717) is 23.1 Å². The first-order valence-corrected chi connectivity index (χ1v) is 12.1. The summed E-state index contributed by atoms with van der Waals surface area (Å²) in [7, 11) is -3.52. The number of fused-ring (bicyclic) bond motifs is 1. The van der Waals surface area contributed by atoms with Gasteiger partial charge >= 0.3 is 0 Å². The van der Waals surface area contributed by atoms with E-state index >= 15 is 0 Å². The van der Waals surface area contributed by atoms with Crippen molar-refractivity contribution < 1.29 is 18.0 Å². The van der Waals surface area contributed by atoms with Crippen molar-refractivity contribution in [3.05, 3.63) is 12.3 Å². The molecule has 1 aliphatic carbocycles. The number of hydrogen-bond donors (Lipinski definition) is 3. The Morgan fingerprint density at radius 2 is 1.94 bits per heavy atom. The van der Waals surface area contributed by atoms with Crippen LogP contribution in [0, 0.1) is 5.92 Å². The van der Waals surface area contributed by atoms with E-state index in [1.807, 2.05) is 13.8 Å². The number of carbonyl (C=O) groups excluding carboxylic acids is 2. The molecule has 2 heterocycles. The lowest BCUT2D eigenvalue weighted by molar-refractivity contribution is -0.123. The smallest absolute Gasteiger partial charge is 0.230 e. The normalized spacial score (nSPS) is 19.3. The number of aromatic nitrogens is 3. The molecule has 0 aromatic carbocycles. The summed E-state index contributed by atoms with van der Waals surface area (Å²) in [6, 6.07) is 1.40. The topological polar surface area (TPSA) is 143 Å². The van der Waals surface area contributed by atoms with Crippen LogP contribution in [0.2, 0.25) is 0 Å². The van der Waals surface area contributed by atoms with Crippen LogP contribution >= 0.6 is 0 Å². The third-order valence-electron chi connectivity index (χ3n) is 5.04. The Balaban J connectivity index is 1.86. The van der Waals surface area contributed by atoms with Crippen molar-refractivity contribution in [3.8, 4) is 0 Å². The van der Waals surface area contributed by atoms with Crippen molar-refractivity contribution in [2.45, 2.75) is 63.6 Å². The average Bonchev–Trinajstić information content (AvgIpc) is 2.66. The monoisotopic (exact) mass is 448 g/mol. The standard InChI is InChI=1S/C20H28N6O4S/c1-11(2)22-18-17-14(9-16(24-18)31(4,29)30)10-21-20(25-17)26-19(28)13-6-5-7-15(8-13)23-12(3)27/h9-11,13,15H,5-8H2,1-4H3,(H,22,24)(H,23,27)(H,21,25,26,28)/t13-,15+/m0/s1. The molecule has 1 aliphatic rings. The van der Waals surface area contributed by atoms with Gasteiger partial charge in [0.2, 0.25) is 17.8 Å². The molecule has 1 fully saturated rings. The number of anilines is 2. The maximum atomic E-state index is 12.8. The van der Waals surface area contributed by atoms with Crippen molar-refractivity contribution in [1.29, 1.82) is 0 Å². The van der Waals surface area contributed by atoms with Crippen LogP contribution in [0.1, 0.15) is 46.5 Å². The fourth-order valence-corrected chi connectivity index (χ4v) is 4.30. The molecule has 10 nitrogen and oxygen atoms in total. The third kappa shape index (κ3) is 5.87. The van der Waals surface area contributed by atoms with Crippen LogP contribution in [0.4, 0.5) is 11.8 Å². The van der Waals surface area contributed by atoms with Gasteiger partial charge in [-0.3, -0.25) is 14.9 Å². The molecule has 2 atom stereocenters. The molecule has 0 bridgehead atoms. The quantitative estimate of drug-likeness (QED) is 0.608. The van der Waals surface area contributed by atoms with E-state index < -0.39 is 9.84 Å². The van der Waals surface area contributed by atoms with E-state index in [-0.39, 0.29) is 40.8 Å². The number of amides is 2. The number of rotatable bonds is 6. The Bertz CT molecular complexity index is 1100. The number of sulfone groups is 1. The molecule has 0 radical (unpaired) electrons. The number of nitrogens with zero attached hydrogens (tertiary/aromatic N) is 3. The predicted molar refractivity (Wildman–Crippen MR) is 117 cm³/mol. The molecule has 168 valence electrons. The summed E-state index contributed by atoms with van der Waals surface area (Å²) in [6.07, 6.45) is 5.57. The lowest BCUT2D eigenvalue weighted by atomic mass is 9.85. The minimum atomic E-state index is -3.52. The minimum Gasteiger partial charge on any atom is -0.366 e. The molecule has 11 heteroatoms. The lowest BCUT2D eigenvalue weighted by Crippen LogP contribution is -2.40. The highest BCUT2D eigenvalue weighted by Gasteiger charge is 2.28. The highest BCUT2D eigenvalue weighted by atomic mass is 32.2. The molecule has 0 spiro atoms. The molecule has 0 aliphatic heterocycles. The van der Waals surface area contributed by atoms with Crippen molar-refractivity contribution in [2.75, 3.05) is 16.9 Å². The zero-order valence-electron chi connectivity index (χ0n) is 18.1. The Hall–Kier alpha value is -2.82. The van der Waals surface area contributed by atoms with Gasteiger partial charge in [-0.15, -0.1) is 0 Å². The van der Waals surface area contributed by atoms with Gasteiger partial charge in [0.05, 0.1) is 0 Å². The molecular formula is C20H28N6O4S. The van der Waals surface area contributed by atoms with Crippen LogP contribution in [0.25, 0.3) is 10.9 Å². The first-order valence-electron chi connectivity index (χ1n) is 10.2. The summed E-state index contributed by atoms with van der Waals surface area (Å²) in [4.78, 5) is 36.9. The zero-order chi connectivity index (χ0) is 22.8. The van der Waals surface area contributed by atoms with Crippen LogP contribution in [0.3, 0.4) is 0 Å². The molecule has 3 N–H and O–H groups in total. The van der Waals surface area contributed by atoms with E-state index in [4.69, 9.17) is 0 Å². The van der Waals surface area contributed by atoms with Crippen LogP contribution in [-0.4, -0.2) is 53.5 Å². The summed E-state index contributed by atoms with van der Waals surface area (Å²) in [5.74, 6) is -0.110. The van der Waals surface area contributed by atoms with Gasteiger partial charge < -0.3 is 10.6 Å². The fourth-order valence-electron chi connectivity index (χ4n) is 3.70. The van der Waals surface area contributed by atoms with Gasteiger partial charge in [-0.2, -0.15) is 0 Å². The molecular weight excluding hydrogens is 420 g/mol. The van der Waals surface area contributed by atoms with E-state index in [1.165, 1.54) is 19.2 Å². The van der Waals surface area contributed by atoms with Crippen LogP contribution < -0.4 is 16.0 Å². The Morgan fingerprint density at radius 3 is 2.58 bits per heavy atom. The van der Waals surface area contributed by atoms with E-state index in [9.17, 15) is 18.0 Å². The fraction of sp³-hybridized carbons (Fsp3) is 0.550. The summed E-state index contributed by atoms with van der Waals surface area (Å²) in [5, 5.41) is 9.17. The molecule has 31 heavy (non-hydrogen) atoms. The van der Waals surface area contributed by atoms with Gasteiger partial charge in [0, 0.05) is 42.8 Å². The predicted octanol–water partition coefficient (Wildman–Crippen LogP) is 1.88. The maximum Gasteiger partial charge on any atom is 0.230 e. The average molecular weight is 449 g/mol. The second-order valence-corrected chi connectivity index (χ2v) is 10.2. The first-order chi connectivity index (χ1) is 14.5. The SMILES string of the molecule is CC(=O)N[C@@H]1CCC[C@H](C(=O)Nc2ncc3cc(S(C)(=O)=O)nc(NC(C)C)c3n2)C1. The number of hydrogen-bond acceptors (Lipinski definition) is 8. The van der Waals surface area contributed by atoms with Gasteiger partial charge in [-0.05, 0) is 39.2 Å². The highest BCUT2D eigenvalue weighted by molar-refractivity contribution is 7.90. The molecule has 0 saturated heterocycles. The van der Waals surface area contributed by atoms with Gasteiger partial charge in [0.1, 0.15) is 5.52 Å². The zero-order valence-corrected chi connectivity index (χ0v) is 18.9. The molecule has 2 aromatic rings. The van der Waals surface area contributed by atoms with Gasteiger partial charge in [0.25, 0.3) is 0 Å². The van der Waals surface area contributed by atoms with Crippen LogP contribution in [0.5, 0.6) is 0 Å². The lowest BCUT2D eigenvalue weighted by Gasteiger charge is -2.28. The summed E-state index contributed by atoms with van der Waals surface area (Å²) in [6.45, 7) is 5.27. The number of carbonyl (C=O) groups is 2. The van der Waals surface area contributed by atoms with E-state index in [0.717, 1.165) is 25.5 Å². The van der Waals surface area contributed by atoms with Crippen LogP contribution in [-0.2, 0) is 19.4 Å². The number of pyridine rings is 1. The summed E-state index contributed by atoms with van der Waals surface area (Å²) < 4.78 is 24.0. The van der Waals surface area contributed by atoms with E-state index in [1.54, 1.807) is 0 Å². The Morgan fingerprint density at radius 1 is 1.19 bits per heavy atom. The second-order valence-electron chi connectivity index (χ2n) is 8.26. The summed E-state index contributed by atoms with van der Waals surface area (Å²) in [5.41, 5.74) is 0.422. The molecule has 1 saturated carbocycles. The largest absolute Gasteiger partial charge is 0.366 e. The third-order valence-corrected chi connectivity index (χ3v) is 6.00. The maximum absolute atomic E-state index is 12.8. The van der Waals surface area contributed by atoms with Gasteiger partial charge in [-0.1, -0.05) is 6.42 Å². The first kappa shape index (κ1) is 22.9. The summed E-state index contributed by atoms with van der Waals surface area (Å²) >= 11 is 0. The van der Waals surface area contributed by atoms with Crippen LogP contribution in [0.15, 0.2) is 17.3 Å².